The van der Waals surface area contributed by atoms with Crippen LogP contribution in [0.25, 0.3) is 5.82 Å². The molecule has 0 radical (unpaired) electrons. The second kappa shape index (κ2) is 4.90. The zero-order chi connectivity index (χ0) is 13.3. The first-order valence-electron chi connectivity index (χ1n) is 5.71. The largest absolute Gasteiger partial charge is 0.275 e. The van der Waals surface area contributed by atoms with Gasteiger partial charge in [-0.05, 0) is 36.1 Å². The van der Waals surface area contributed by atoms with Crippen molar-refractivity contribution in [3.8, 4) is 5.82 Å². The minimum absolute atomic E-state index is 0.409. The molecule has 0 amide bonds. The normalized spacial score (nSPS) is 10.9. The van der Waals surface area contributed by atoms with Gasteiger partial charge in [0.25, 0.3) is 5.24 Å². The number of carbonyl (C=O) groups excluding carboxylic acids is 1. The lowest BCUT2D eigenvalue weighted by molar-refractivity contribution is 0.108. The maximum absolute atomic E-state index is 11.1. The molecule has 0 saturated heterocycles. The molecule has 18 heavy (non-hydrogen) atoms. The maximum Gasteiger partial charge on any atom is 0.255 e. The van der Waals surface area contributed by atoms with Crippen LogP contribution in [-0.2, 0) is 0 Å². The summed E-state index contributed by atoms with van der Waals surface area (Å²) in [5, 5.41) is 3.63. The zero-order valence-electron chi connectivity index (χ0n) is 10.5. The molecule has 0 atom stereocenters. The third-order valence-electron chi connectivity index (χ3n) is 2.88. The van der Waals surface area contributed by atoms with Crippen LogP contribution in [0.4, 0.5) is 0 Å². The van der Waals surface area contributed by atoms with Crippen LogP contribution in [0, 0.1) is 6.92 Å². The fraction of sp³-hybridized carbons (Fsp3) is 0.308. The summed E-state index contributed by atoms with van der Waals surface area (Å²) in [7, 11) is 0. The Kier molecular flexibility index (Phi) is 3.48. The number of carbonyl (C=O) groups is 1. The average molecular weight is 264 g/mol. The van der Waals surface area contributed by atoms with E-state index in [1.54, 1.807) is 11.6 Å². The molecule has 2 heterocycles. The summed E-state index contributed by atoms with van der Waals surface area (Å²) >= 11 is 5.46. The minimum Gasteiger partial charge on any atom is -0.275 e. The highest BCUT2D eigenvalue weighted by atomic mass is 35.5. The molecule has 2 rings (SSSR count). The van der Waals surface area contributed by atoms with Crippen LogP contribution in [0.2, 0.25) is 0 Å². The molecule has 94 valence electrons. The second-order valence-corrected chi connectivity index (χ2v) is 4.78. The first-order valence-corrected chi connectivity index (χ1v) is 6.09. The smallest absolute Gasteiger partial charge is 0.255 e. The molecule has 0 aliphatic carbocycles. The van der Waals surface area contributed by atoms with Crippen molar-refractivity contribution in [1.29, 1.82) is 0 Å². The third-order valence-corrected chi connectivity index (χ3v) is 3.08. The first-order chi connectivity index (χ1) is 8.50. The molecule has 0 unspecified atom stereocenters. The molecule has 0 aromatic carbocycles. The lowest BCUT2D eigenvalue weighted by atomic mass is 10.1. The summed E-state index contributed by atoms with van der Waals surface area (Å²) in [6.45, 7) is 6.01. The Labute approximate surface area is 111 Å². The fourth-order valence-electron chi connectivity index (χ4n) is 1.70. The van der Waals surface area contributed by atoms with Gasteiger partial charge in [-0.15, -0.1) is 0 Å². The molecule has 4 nitrogen and oxygen atoms in total. The van der Waals surface area contributed by atoms with Crippen LogP contribution < -0.4 is 0 Å². The SMILES string of the molecule is Cc1c(C(=O)Cl)cnn1-c1ccc(C(C)C)cn1. The number of halogens is 1. The van der Waals surface area contributed by atoms with E-state index in [0.29, 0.717) is 23.0 Å². The Morgan fingerprint density at radius 3 is 2.50 bits per heavy atom. The van der Waals surface area contributed by atoms with Crippen molar-refractivity contribution >= 4 is 16.8 Å². The number of nitrogens with zero attached hydrogens (tertiary/aromatic N) is 3. The summed E-state index contributed by atoms with van der Waals surface area (Å²) in [6.07, 6.45) is 3.28. The molecule has 0 saturated carbocycles. The van der Waals surface area contributed by atoms with Crippen LogP contribution >= 0.6 is 11.6 Å². The number of pyridine rings is 1. The van der Waals surface area contributed by atoms with E-state index in [4.69, 9.17) is 11.6 Å². The molecule has 2 aromatic heterocycles. The number of hydrogen-bond acceptors (Lipinski definition) is 3. The summed E-state index contributed by atoms with van der Waals surface area (Å²) in [5.74, 6) is 1.12. The molecule has 0 aliphatic rings. The Morgan fingerprint density at radius 1 is 1.33 bits per heavy atom. The first kappa shape index (κ1) is 12.8. The Morgan fingerprint density at radius 2 is 2.06 bits per heavy atom. The number of rotatable bonds is 3. The van der Waals surface area contributed by atoms with Crippen molar-refractivity contribution in [2.75, 3.05) is 0 Å². The van der Waals surface area contributed by atoms with Gasteiger partial charge in [0.05, 0.1) is 17.5 Å². The predicted molar refractivity (Wildman–Crippen MR) is 70.4 cm³/mol. The van der Waals surface area contributed by atoms with Gasteiger partial charge in [-0.25, -0.2) is 9.67 Å². The Bertz CT molecular complexity index is 572. The maximum atomic E-state index is 11.1. The highest BCUT2D eigenvalue weighted by Gasteiger charge is 2.13. The van der Waals surface area contributed by atoms with E-state index in [1.165, 1.54) is 6.20 Å². The molecule has 0 aliphatic heterocycles. The van der Waals surface area contributed by atoms with Crippen LogP contribution in [0.15, 0.2) is 24.5 Å². The highest BCUT2D eigenvalue weighted by molar-refractivity contribution is 6.67. The van der Waals surface area contributed by atoms with E-state index < -0.39 is 5.24 Å². The van der Waals surface area contributed by atoms with Crippen LogP contribution in [0.3, 0.4) is 0 Å². The highest BCUT2D eigenvalue weighted by Crippen LogP contribution is 2.17. The monoisotopic (exact) mass is 263 g/mol. The van der Waals surface area contributed by atoms with Crippen LogP contribution in [-0.4, -0.2) is 20.0 Å². The number of hydrogen-bond donors (Lipinski definition) is 0. The van der Waals surface area contributed by atoms with Crippen molar-refractivity contribution in [3.05, 3.63) is 41.3 Å². The van der Waals surface area contributed by atoms with E-state index in [9.17, 15) is 4.79 Å². The quantitative estimate of drug-likeness (QED) is 0.800. The average Bonchev–Trinajstić information content (AvgIpc) is 2.71. The van der Waals surface area contributed by atoms with Crippen LogP contribution in [0.1, 0.15) is 41.4 Å². The van der Waals surface area contributed by atoms with Gasteiger partial charge in [-0.3, -0.25) is 4.79 Å². The van der Waals surface area contributed by atoms with Gasteiger partial charge in [-0.2, -0.15) is 5.10 Å². The standard InChI is InChI=1S/C13H14ClN3O/c1-8(2)10-4-5-12(15-6-10)17-9(3)11(7-16-17)13(14)18/h4-8H,1-3H3. The van der Waals surface area contributed by atoms with E-state index in [-0.39, 0.29) is 0 Å². The summed E-state index contributed by atoms with van der Waals surface area (Å²) in [6, 6.07) is 3.90. The number of aromatic nitrogens is 3. The van der Waals surface area contributed by atoms with Crippen molar-refractivity contribution < 1.29 is 4.79 Å². The molecular weight excluding hydrogens is 250 g/mol. The van der Waals surface area contributed by atoms with Gasteiger partial charge in [0.1, 0.15) is 0 Å². The predicted octanol–water partition coefficient (Wildman–Crippen LogP) is 3.08. The van der Waals surface area contributed by atoms with E-state index in [0.717, 1.165) is 5.56 Å². The fourth-order valence-corrected chi connectivity index (χ4v) is 1.88. The minimum atomic E-state index is -0.502. The van der Waals surface area contributed by atoms with E-state index in [2.05, 4.69) is 23.9 Å². The third kappa shape index (κ3) is 2.29. The summed E-state index contributed by atoms with van der Waals surface area (Å²) in [5.41, 5.74) is 2.27. The van der Waals surface area contributed by atoms with Crippen molar-refractivity contribution in [2.24, 2.45) is 0 Å². The van der Waals surface area contributed by atoms with Crippen molar-refractivity contribution in [2.45, 2.75) is 26.7 Å². The summed E-state index contributed by atoms with van der Waals surface area (Å²) < 4.78 is 1.61. The summed E-state index contributed by atoms with van der Waals surface area (Å²) in [4.78, 5) is 15.5. The molecule has 0 spiro atoms. The van der Waals surface area contributed by atoms with Gasteiger partial charge in [0.15, 0.2) is 5.82 Å². The molecule has 5 heteroatoms. The van der Waals surface area contributed by atoms with Gasteiger partial charge in [0, 0.05) is 6.20 Å². The molecule has 0 N–H and O–H groups in total. The van der Waals surface area contributed by atoms with Crippen LogP contribution in [0.5, 0.6) is 0 Å². The molecular formula is C13H14ClN3O. The topological polar surface area (TPSA) is 47.8 Å². The second-order valence-electron chi connectivity index (χ2n) is 4.43. The van der Waals surface area contributed by atoms with Crippen molar-refractivity contribution in [1.82, 2.24) is 14.8 Å². The Balaban J connectivity index is 2.40. The van der Waals surface area contributed by atoms with Gasteiger partial charge in [0.2, 0.25) is 0 Å². The molecule has 0 fully saturated rings. The molecule has 2 aromatic rings. The van der Waals surface area contributed by atoms with Crippen molar-refractivity contribution in [3.63, 3.8) is 0 Å². The van der Waals surface area contributed by atoms with E-state index >= 15 is 0 Å². The zero-order valence-corrected chi connectivity index (χ0v) is 11.3. The van der Waals surface area contributed by atoms with Gasteiger partial charge >= 0.3 is 0 Å². The van der Waals surface area contributed by atoms with Gasteiger partial charge < -0.3 is 0 Å². The molecule has 0 bridgehead atoms. The van der Waals surface area contributed by atoms with Gasteiger partial charge in [-0.1, -0.05) is 19.9 Å². The Hall–Kier alpha value is -1.68. The van der Waals surface area contributed by atoms with E-state index in [1.807, 2.05) is 18.3 Å². The lowest BCUT2D eigenvalue weighted by Crippen LogP contribution is -2.03. The lowest BCUT2D eigenvalue weighted by Gasteiger charge is -2.07.